The van der Waals surface area contributed by atoms with Crippen molar-refractivity contribution in [3.63, 3.8) is 0 Å². The van der Waals surface area contributed by atoms with E-state index in [0.29, 0.717) is 22.5 Å². The highest BCUT2D eigenvalue weighted by atomic mass is 35.5. The van der Waals surface area contributed by atoms with Gasteiger partial charge in [-0.05, 0) is 29.6 Å². The Hall–Kier alpha value is -1.59. The van der Waals surface area contributed by atoms with Gasteiger partial charge in [0.25, 0.3) is 0 Å². The van der Waals surface area contributed by atoms with Crippen LogP contribution in [0.4, 0.5) is 0 Å². The molecule has 0 aliphatic heterocycles. The lowest BCUT2D eigenvalue weighted by Gasteiger charge is -2.09. The number of primary amides is 1. The lowest BCUT2D eigenvalue weighted by Crippen LogP contribution is -2.15. The maximum Gasteiger partial charge on any atom is 0.219 e. The van der Waals surface area contributed by atoms with Crippen molar-refractivity contribution in [2.75, 3.05) is 11.5 Å². The van der Waals surface area contributed by atoms with Gasteiger partial charge in [0.2, 0.25) is 5.91 Å². The molecular weight excluding hydrogens is 475 g/mol. The number of thioether (sulfide) groups is 1. The van der Waals surface area contributed by atoms with Crippen molar-refractivity contribution in [1.29, 1.82) is 0 Å². The largest absolute Gasteiger partial charge is 0.370 e. The predicted octanol–water partition coefficient (Wildman–Crippen LogP) is 3.75. The molecule has 2 N–H and O–H groups in total. The molecule has 29 heavy (non-hydrogen) atoms. The Morgan fingerprint density at radius 2 is 2.03 bits per heavy atom. The normalized spacial score (nSPS) is 11.7. The van der Waals surface area contributed by atoms with Crippen LogP contribution in [0.25, 0.3) is 10.7 Å². The molecule has 12 heteroatoms. The second-order valence-corrected chi connectivity index (χ2v) is 10.8. The van der Waals surface area contributed by atoms with Gasteiger partial charge < -0.3 is 10.3 Å². The first-order valence-corrected chi connectivity index (χ1v) is 12.6. The van der Waals surface area contributed by atoms with Crippen molar-refractivity contribution in [3.8, 4) is 10.7 Å². The van der Waals surface area contributed by atoms with Crippen LogP contribution in [0.3, 0.4) is 0 Å². The summed E-state index contributed by atoms with van der Waals surface area (Å²) >= 11 is 14.6. The number of nitrogens with zero attached hydrogens (tertiary/aromatic N) is 3. The molecule has 0 spiro atoms. The number of halogens is 2. The summed E-state index contributed by atoms with van der Waals surface area (Å²) in [6, 6.07) is 8.12. The minimum Gasteiger partial charge on any atom is -0.370 e. The van der Waals surface area contributed by atoms with Gasteiger partial charge in [-0.15, -0.1) is 21.5 Å². The summed E-state index contributed by atoms with van der Waals surface area (Å²) in [5.41, 5.74) is 5.28. The van der Waals surface area contributed by atoms with E-state index in [1.165, 1.54) is 41.3 Å². The Kier molecular flexibility index (Phi) is 7.23. The lowest BCUT2D eigenvalue weighted by molar-refractivity contribution is -0.118. The summed E-state index contributed by atoms with van der Waals surface area (Å²) in [5.74, 6) is 0.244. The summed E-state index contributed by atoms with van der Waals surface area (Å²) in [6.45, 7) is 0.310. The first kappa shape index (κ1) is 22.1. The highest BCUT2D eigenvalue weighted by Gasteiger charge is 2.21. The van der Waals surface area contributed by atoms with Crippen molar-refractivity contribution in [2.24, 2.45) is 5.73 Å². The van der Waals surface area contributed by atoms with Crippen LogP contribution in [0.15, 0.2) is 45.8 Å². The number of rotatable bonds is 9. The number of thiophene rings is 1. The number of hydrogen-bond acceptors (Lipinski definition) is 7. The van der Waals surface area contributed by atoms with E-state index >= 15 is 0 Å². The molecule has 0 aliphatic carbocycles. The summed E-state index contributed by atoms with van der Waals surface area (Å²) in [6.07, 6.45) is 0.125. The number of hydrogen-bond donors (Lipinski definition) is 1. The van der Waals surface area contributed by atoms with Crippen molar-refractivity contribution >= 4 is 62.0 Å². The second-order valence-electron chi connectivity index (χ2n) is 5.89. The van der Waals surface area contributed by atoms with E-state index in [2.05, 4.69) is 10.2 Å². The van der Waals surface area contributed by atoms with Crippen LogP contribution in [-0.4, -0.2) is 40.6 Å². The average molecular weight is 491 g/mol. The van der Waals surface area contributed by atoms with Crippen LogP contribution in [0, 0.1) is 0 Å². The third-order valence-corrected chi connectivity index (χ3v) is 8.37. The summed E-state index contributed by atoms with van der Waals surface area (Å²) in [7, 11) is -3.63. The number of sulfone groups is 1. The van der Waals surface area contributed by atoms with E-state index < -0.39 is 15.7 Å². The van der Waals surface area contributed by atoms with E-state index in [9.17, 15) is 13.2 Å². The molecular formula is C17H16Cl2N4O3S3. The highest BCUT2D eigenvalue weighted by molar-refractivity contribution is 8.00. The van der Waals surface area contributed by atoms with Crippen LogP contribution in [0.5, 0.6) is 0 Å². The molecule has 0 unspecified atom stereocenters. The Labute approximate surface area is 186 Å². The summed E-state index contributed by atoms with van der Waals surface area (Å²) in [4.78, 5) is 12.1. The molecule has 0 fully saturated rings. The Morgan fingerprint density at radius 3 is 2.72 bits per heavy atom. The van der Waals surface area contributed by atoms with Crippen molar-refractivity contribution < 1.29 is 13.2 Å². The summed E-state index contributed by atoms with van der Waals surface area (Å²) in [5, 5.41) is 11.2. The Balaban J connectivity index is 1.76. The molecule has 0 saturated heterocycles. The van der Waals surface area contributed by atoms with Crippen molar-refractivity contribution in [1.82, 2.24) is 14.8 Å². The fourth-order valence-corrected chi connectivity index (χ4v) is 6.62. The quantitative estimate of drug-likeness (QED) is 0.457. The minimum absolute atomic E-state index is 0.00161. The van der Waals surface area contributed by atoms with E-state index in [1.54, 1.807) is 4.57 Å². The number of amides is 1. The molecule has 0 saturated carbocycles. The third kappa shape index (κ3) is 5.52. The molecule has 2 heterocycles. The highest BCUT2D eigenvalue weighted by Crippen LogP contribution is 2.29. The minimum atomic E-state index is -3.63. The van der Waals surface area contributed by atoms with Gasteiger partial charge in [-0.25, -0.2) is 8.42 Å². The number of benzene rings is 1. The van der Waals surface area contributed by atoms with Gasteiger partial charge in [-0.1, -0.05) is 41.0 Å². The second kappa shape index (κ2) is 9.48. The molecule has 1 amide bonds. The van der Waals surface area contributed by atoms with Crippen LogP contribution in [0.2, 0.25) is 10.0 Å². The van der Waals surface area contributed by atoms with Gasteiger partial charge in [-0.2, -0.15) is 0 Å². The zero-order chi connectivity index (χ0) is 21.0. The average Bonchev–Trinajstić information content (AvgIpc) is 3.31. The number of carbonyl (C=O) groups excluding carboxylic acids is 1. The molecule has 3 aromatic rings. The SMILES string of the molecule is NC(=O)CCn1c(SCCS(=O)(=O)c2cc(Cl)ccc2Cl)nnc1-c1cccs1. The Bertz CT molecular complexity index is 1120. The van der Waals surface area contributed by atoms with Gasteiger partial charge in [0.05, 0.1) is 20.5 Å². The number of carbonyl (C=O) groups is 1. The molecule has 154 valence electrons. The molecule has 1 aromatic carbocycles. The summed E-state index contributed by atoms with van der Waals surface area (Å²) < 4.78 is 27.0. The third-order valence-electron chi connectivity index (χ3n) is 3.85. The fraction of sp³-hybridized carbons (Fsp3) is 0.235. The van der Waals surface area contributed by atoms with E-state index in [4.69, 9.17) is 28.9 Å². The predicted molar refractivity (Wildman–Crippen MR) is 116 cm³/mol. The van der Waals surface area contributed by atoms with Crippen LogP contribution in [0.1, 0.15) is 6.42 Å². The topological polar surface area (TPSA) is 108 Å². The number of aromatic nitrogens is 3. The molecule has 7 nitrogen and oxygen atoms in total. The zero-order valence-corrected chi connectivity index (χ0v) is 18.9. The van der Waals surface area contributed by atoms with E-state index in [0.717, 1.165) is 4.88 Å². The lowest BCUT2D eigenvalue weighted by atomic mass is 10.4. The molecule has 3 rings (SSSR count). The monoisotopic (exact) mass is 490 g/mol. The maximum absolute atomic E-state index is 12.6. The smallest absolute Gasteiger partial charge is 0.219 e. The van der Waals surface area contributed by atoms with Gasteiger partial charge in [0.1, 0.15) is 0 Å². The molecule has 0 bridgehead atoms. The van der Waals surface area contributed by atoms with Crippen molar-refractivity contribution in [2.45, 2.75) is 23.0 Å². The first-order valence-electron chi connectivity index (χ1n) is 8.34. The first-order chi connectivity index (χ1) is 13.8. The number of nitrogens with two attached hydrogens (primary N) is 1. The van der Waals surface area contributed by atoms with Gasteiger partial charge in [0, 0.05) is 23.7 Å². The van der Waals surface area contributed by atoms with Gasteiger partial charge >= 0.3 is 0 Å². The zero-order valence-electron chi connectivity index (χ0n) is 14.9. The molecule has 0 aliphatic rings. The van der Waals surface area contributed by atoms with Crippen LogP contribution >= 0.6 is 46.3 Å². The van der Waals surface area contributed by atoms with Crippen LogP contribution in [-0.2, 0) is 21.2 Å². The van der Waals surface area contributed by atoms with E-state index in [1.807, 2.05) is 17.5 Å². The molecule has 0 atom stereocenters. The standard InChI is InChI=1S/C17H16Cl2N4O3S3/c18-11-3-4-12(19)14(10-11)29(25,26)9-8-28-17-22-21-16(13-2-1-7-27-13)23(17)6-5-15(20)24/h1-4,7,10H,5-6,8-9H2,(H2,20,24). The Morgan fingerprint density at radius 1 is 1.24 bits per heavy atom. The van der Waals surface area contributed by atoms with Crippen molar-refractivity contribution in [3.05, 3.63) is 45.8 Å². The molecule has 0 radical (unpaired) electrons. The van der Waals surface area contributed by atoms with Gasteiger partial charge in [0.15, 0.2) is 20.8 Å². The van der Waals surface area contributed by atoms with Gasteiger partial charge in [-0.3, -0.25) is 4.79 Å². The fourth-order valence-electron chi connectivity index (χ4n) is 2.48. The maximum atomic E-state index is 12.6. The van der Waals surface area contributed by atoms with E-state index in [-0.39, 0.29) is 27.8 Å². The molecule has 2 aromatic heterocycles. The van der Waals surface area contributed by atoms with Crippen LogP contribution < -0.4 is 5.73 Å².